The molecule has 0 radical (unpaired) electrons. The molecule has 6 nitrogen and oxygen atoms in total. The smallest absolute Gasteiger partial charge is 0.348 e. The molecule has 0 saturated carbocycles. The number of carbonyl (C=O) groups is 2. The average Bonchev–Trinajstić information content (AvgIpc) is 3.36. The fourth-order valence-corrected chi connectivity index (χ4v) is 4.22. The molecule has 0 bridgehead atoms. The molecule has 1 aromatic heterocycles. The second-order valence-corrected chi connectivity index (χ2v) is 8.63. The average molecular weight is 519 g/mol. The van der Waals surface area contributed by atoms with Gasteiger partial charge in [0.05, 0.1) is 13.7 Å². The highest BCUT2D eigenvalue weighted by Crippen LogP contribution is 2.37. The summed E-state index contributed by atoms with van der Waals surface area (Å²) in [7, 11) is 1.49. The van der Waals surface area contributed by atoms with Crippen LogP contribution in [0.25, 0.3) is 28.4 Å². The number of rotatable bonds is 9. The minimum Gasteiger partial charge on any atom is -0.494 e. The van der Waals surface area contributed by atoms with E-state index in [4.69, 9.17) is 18.6 Å². The number of fused-ring (bicyclic) bond motifs is 1. The molecule has 5 aromatic rings. The van der Waals surface area contributed by atoms with Crippen molar-refractivity contribution in [3.05, 3.63) is 120 Å². The van der Waals surface area contributed by atoms with Crippen molar-refractivity contribution in [3.63, 3.8) is 0 Å². The van der Waals surface area contributed by atoms with E-state index in [0.29, 0.717) is 40.4 Å². The van der Waals surface area contributed by atoms with Crippen molar-refractivity contribution in [3.8, 4) is 28.6 Å². The van der Waals surface area contributed by atoms with E-state index in [1.807, 2.05) is 55.5 Å². The van der Waals surface area contributed by atoms with Crippen molar-refractivity contribution in [2.75, 3.05) is 13.7 Å². The highest BCUT2D eigenvalue weighted by atomic mass is 16.6. The van der Waals surface area contributed by atoms with Gasteiger partial charge in [-0.1, -0.05) is 72.8 Å². The van der Waals surface area contributed by atoms with Crippen LogP contribution in [0.2, 0.25) is 0 Å². The van der Waals surface area contributed by atoms with Crippen LogP contribution in [-0.4, -0.2) is 25.5 Å². The summed E-state index contributed by atoms with van der Waals surface area (Å²) in [4.78, 5) is 26.1. The molecule has 0 spiro atoms. The fraction of sp³-hybridized carbons (Fsp3) is 0.0909. The van der Waals surface area contributed by atoms with Crippen LogP contribution in [0.4, 0.5) is 0 Å². The number of ether oxygens (including phenoxy) is 3. The van der Waals surface area contributed by atoms with Crippen molar-refractivity contribution in [2.24, 2.45) is 0 Å². The van der Waals surface area contributed by atoms with Gasteiger partial charge in [-0.25, -0.2) is 4.79 Å². The summed E-state index contributed by atoms with van der Waals surface area (Å²) < 4.78 is 23.1. The fourth-order valence-electron chi connectivity index (χ4n) is 4.22. The van der Waals surface area contributed by atoms with Crippen molar-refractivity contribution < 1.29 is 28.2 Å². The summed E-state index contributed by atoms with van der Waals surface area (Å²) in [5.41, 5.74) is 2.89. The lowest BCUT2D eigenvalue weighted by Crippen LogP contribution is -2.10. The van der Waals surface area contributed by atoms with Gasteiger partial charge in [0.1, 0.15) is 22.7 Å². The van der Waals surface area contributed by atoms with Gasteiger partial charge in [-0.15, -0.1) is 0 Å². The van der Waals surface area contributed by atoms with E-state index in [9.17, 15) is 9.59 Å². The Labute approximate surface area is 226 Å². The number of ketones is 1. The molecular formula is C33H26O6. The predicted molar refractivity (Wildman–Crippen MR) is 151 cm³/mol. The second-order valence-electron chi connectivity index (χ2n) is 8.63. The second kappa shape index (κ2) is 11.5. The number of esters is 1. The molecule has 0 fully saturated rings. The molecule has 0 amide bonds. The quantitative estimate of drug-likeness (QED) is 0.0865. The van der Waals surface area contributed by atoms with E-state index in [1.165, 1.54) is 13.2 Å². The third-order valence-electron chi connectivity index (χ3n) is 6.09. The number of benzene rings is 4. The Balaban J connectivity index is 1.47. The summed E-state index contributed by atoms with van der Waals surface area (Å²) in [6.45, 7) is 2.39. The zero-order valence-corrected chi connectivity index (χ0v) is 21.5. The molecule has 0 unspecified atom stereocenters. The summed E-state index contributed by atoms with van der Waals surface area (Å²) in [6.07, 6.45) is 3.19. The number of furan rings is 1. The van der Waals surface area contributed by atoms with Crippen molar-refractivity contribution in [1.82, 2.24) is 0 Å². The molecule has 1 heterocycles. The van der Waals surface area contributed by atoms with Crippen LogP contribution in [0, 0.1) is 0 Å². The van der Waals surface area contributed by atoms with Gasteiger partial charge in [-0.3, -0.25) is 4.79 Å². The molecular weight excluding hydrogens is 492 g/mol. The Morgan fingerprint density at radius 2 is 1.59 bits per heavy atom. The van der Waals surface area contributed by atoms with Crippen LogP contribution in [0.1, 0.15) is 33.2 Å². The van der Waals surface area contributed by atoms with Gasteiger partial charge in [-0.05, 0) is 48.9 Å². The first-order chi connectivity index (χ1) is 19.1. The van der Waals surface area contributed by atoms with Crippen LogP contribution in [0.15, 0.2) is 108 Å². The molecule has 0 saturated heterocycles. The number of methoxy groups -OCH3 is 1. The lowest BCUT2D eigenvalue weighted by atomic mass is 10.1. The molecule has 0 N–H and O–H groups in total. The van der Waals surface area contributed by atoms with Crippen molar-refractivity contribution >= 4 is 28.8 Å². The summed E-state index contributed by atoms with van der Waals surface area (Å²) in [5.74, 6) is 0.907. The third-order valence-corrected chi connectivity index (χ3v) is 6.09. The van der Waals surface area contributed by atoms with Crippen LogP contribution in [0.5, 0.6) is 17.2 Å². The molecule has 6 heteroatoms. The standard InChI is InChI=1S/C33H26O6/c1-3-37-25-16-19-28-26(21-25)31(32(38-28)24-12-8-5-9-13-24)33(35)39-29-18-15-22(20-30(29)36-2)14-17-27(34)23-10-6-4-7-11-23/h4-21H,3H2,1-2H3/b17-14+. The summed E-state index contributed by atoms with van der Waals surface area (Å²) >= 11 is 0. The zero-order chi connectivity index (χ0) is 27.2. The van der Waals surface area contributed by atoms with Crippen LogP contribution < -0.4 is 14.2 Å². The number of allylic oxidation sites excluding steroid dienone is 1. The van der Waals surface area contributed by atoms with E-state index < -0.39 is 5.97 Å². The molecule has 5 rings (SSSR count). The first-order valence-electron chi connectivity index (χ1n) is 12.5. The maximum absolute atomic E-state index is 13.6. The number of hydrogen-bond donors (Lipinski definition) is 0. The largest absolute Gasteiger partial charge is 0.494 e. The van der Waals surface area contributed by atoms with Crippen molar-refractivity contribution in [1.29, 1.82) is 0 Å². The summed E-state index contributed by atoms with van der Waals surface area (Å²) in [5, 5.41) is 0.586. The molecule has 0 aliphatic carbocycles. The van der Waals surface area contributed by atoms with Gasteiger partial charge in [0, 0.05) is 16.5 Å². The first kappa shape index (κ1) is 25.5. The third kappa shape index (κ3) is 5.60. The maximum Gasteiger partial charge on any atom is 0.348 e. The van der Waals surface area contributed by atoms with E-state index >= 15 is 0 Å². The van der Waals surface area contributed by atoms with E-state index in [-0.39, 0.29) is 17.1 Å². The minimum atomic E-state index is -0.595. The van der Waals surface area contributed by atoms with Crippen LogP contribution in [-0.2, 0) is 0 Å². The Morgan fingerprint density at radius 3 is 2.31 bits per heavy atom. The summed E-state index contributed by atoms with van der Waals surface area (Å²) in [6, 6.07) is 28.9. The lowest BCUT2D eigenvalue weighted by molar-refractivity contribution is 0.0731. The topological polar surface area (TPSA) is 75.0 Å². The Morgan fingerprint density at radius 1 is 0.846 bits per heavy atom. The zero-order valence-electron chi connectivity index (χ0n) is 21.5. The highest BCUT2D eigenvalue weighted by molar-refractivity contribution is 6.10. The first-order valence-corrected chi connectivity index (χ1v) is 12.5. The molecule has 0 atom stereocenters. The van der Waals surface area contributed by atoms with Gasteiger partial charge in [0.25, 0.3) is 0 Å². The number of hydrogen-bond acceptors (Lipinski definition) is 6. The van der Waals surface area contributed by atoms with E-state index in [2.05, 4.69) is 0 Å². The highest BCUT2D eigenvalue weighted by Gasteiger charge is 2.25. The monoisotopic (exact) mass is 518 g/mol. The molecule has 4 aromatic carbocycles. The van der Waals surface area contributed by atoms with Gasteiger partial charge in [-0.2, -0.15) is 0 Å². The Bertz CT molecular complexity index is 1650. The van der Waals surface area contributed by atoms with E-state index in [1.54, 1.807) is 54.6 Å². The number of carbonyl (C=O) groups excluding carboxylic acids is 2. The lowest BCUT2D eigenvalue weighted by Gasteiger charge is -2.11. The predicted octanol–water partition coefficient (Wildman–Crippen LogP) is 7.62. The van der Waals surface area contributed by atoms with Gasteiger partial charge < -0.3 is 18.6 Å². The van der Waals surface area contributed by atoms with Crippen molar-refractivity contribution in [2.45, 2.75) is 6.92 Å². The van der Waals surface area contributed by atoms with E-state index in [0.717, 1.165) is 11.1 Å². The van der Waals surface area contributed by atoms with Crippen LogP contribution in [0.3, 0.4) is 0 Å². The van der Waals surface area contributed by atoms with Gasteiger partial charge >= 0.3 is 5.97 Å². The normalized spacial score (nSPS) is 11.0. The van der Waals surface area contributed by atoms with Gasteiger partial charge in [0.2, 0.25) is 0 Å². The SMILES string of the molecule is CCOc1ccc2oc(-c3ccccc3)c(C(=O)Oc3ccc(/C=C/C(=O)c4ccccc4)cc3OC)c2c1. The molecule has 0 aliphatic rings. The minimum absolute atomic E-state index is 0.114. The van der Waals surface area contributed by atoms with Crippen LogP contribution >= 0.6 is 0 Å². The Kier molecular flexibility index (Phi) is 7.55. The molecule has 39 heavy (non-hydrogen) atoms. The maximum atomic E-state index is 13.6. The Hall–Kier alpha value is -5.10. The molecule has 0 aliphatic heterocycles. The van der Waals surface area contributed by atoms with Gasteiger partial charge in [0.15, 0.2) is 17.3 Å². The molecule has 194 valence electrons.